The van der Waals surface area contributed by atoms with Crippen molar-refractivity contribution in [2.45, 2.75) is 71.4 Å². The van der Waals surface area contributed by atoms with Crippen LogP contribution in [0, 0.1) is 13.8 Å². The molecule has 0 bridgehead atoms. The van der Waals surface area contributed by atoms with E-state index in [1.54, 1.807) is 31.3 Å². The van der Waals surface area contributed by atoms with E-state index in [1.165, 1.54) is 16.8 Å². The number of piperidine rings is 2. The van der Waals surface area contributed by atoms with Crippen molar-refractivity contribution >= 4 is 90.8 Å². The first kappa shape index (κ1) is 45.7. The minimum absolute atomic E-state index is 0.216. The third kappa shape index (κ3) is 9.56. The van der Waals surface area contributed by atoms with Crippen LogP contribution in [0.1, 0.15) is 61.2 Å². The summed E-state index contributed by atoms with van der Waals surface area (Å²) in [5, 5.41) is 16.7. The Balaban J connectivity index is 0.802. The first-order valence-corrected chi connectivity index (χ1v) is 26.4. The maximum Gasteiger partial charge on any atom is 0.251 e. The third-order valence-corrected chi connectivity index (χ3v) is 15.6. The average molecular weight is 977 g/mol. The number of rotatable bonds is 13. The molecule has 17 heteroatoms. The van der Waals surface area contributed by atoms with Gasteiger partial charge in [0, 0.05) is 98.0 Å². The summed E-state index contributed by atoms with van der Waals surface area (Å²) in [4.78, 5) is 46.2. The molecule has 2 amide bonds. The van der Waals surface area contributed by atoms with Gasteiger partial charge in [-0.05, 0) is 123 Å². The number of ether oxygens (including phenoxy) is 1. The molecule has 3 N–H and O–H groups in total. The number of carbonyl (C=O) groups is 2. The summed E-state index contributed by atoms with van der Waals surface area (Å²) in [6, 6.07) is 18.7. The van der Waals surface area contributed by atoms with Crippen LogP contribution in [0.25, 0.3) is 21.8 Å². The largest absolute Gasteiger partial charge is 0.494 e. The number of methoxy groups -OCH3 is 1. The van der Waals surface area contributed by atoms with Gasteiger partial charge in [0.1, 0.15) is 24.8 Å². The van der Waals surface area contributed by atoms with Gasteiger partial charge in [-0.25, -0.2) is 4.98 Å². The smallest absolute Gasteiger partial charge is 0.251 e. The van der Waals surface area contributed by atoms with Gasteiger partial charge in [-0.1, -0.05) is 19.1 Å². The molecule has 3 aliphatic rings. The Morgan fingerprint density at radius 2 is 1.68 bits per heavy atom. The molecule has 6 heterocycles. The summed E-state index contributed by atoms with van der Waals surface area (Å²) in [5.41, 5.74) is 8.75. The summed E-state index contributed by atoms with van der Waals surface area (Å²) < 4.78 is 22.1. The number of carbonyl (C=O) groups excluding carboxylic acids is 2. The number of pyridine rings is 1. The predicted octanol–water partition coefficient (Wildman–Crippen LogP) is 7.87. The fourth-order valence-corrected chi connectivity index (χ4v) is 11.7. The number of piperazine rings is 1. The van der Waals surface area contributed by atoms with Gasteiger partial charge in [0.2, 0.25) is 11.9 Å². The zero-order valence-electron chi connectivity index (χ0n) is 38.7. The molecule has 1 unspecified atom stereocenters. The van der Waals surface area contributed by atoms with E-state index >= 15 is 0 Å². The van der Waals surface area contributed by atoms with E-state index in [0.29, 0.717) is 40.8 Å². The van der Waals surface area contributed by atoms with Crippen molar-refractivity contribution in [1.82, 2.24) is 39.8 Å². The van der Waals surface area contributed by atoms with Gasteiger partial charge < -0.3 is 29.7 Å². The minimum atomic E-state index is -2.72. The molecule has 0 saturated carbocycles. The zero-order valence-corrected chi connectivity index (χ0v) is 41.1. The van der Waals surface area contributed by atoms with Gasteiger partial charge in [-0.2, -0.15) is 10.1 Å². The monoisotopic (exact) mass is 975 g/mol. The van der Waals surface area contributed by atoms with Crippen molar-refractivity contribution in [3.05, 3.63) is 87.8 Å². The van der Waals surface area contributed by atoms with Crippen LogP contribution in [0.3, 0.4) is 0 Å². The van der Waals surface area contributed by atoms with Crippen molar-refractivity contribution in [2.75, 3.05) is 81.8 Å². The van der Waals surface area contributed by atoms with Crippen LogP contribution in [0.5, 0.6) is 5.75 Å². The van der Waals surface area contributed by atoms with Crippen LogP contribution in [0.15, 0.2) is 65.3 Å². The Morgan fingerprint density at radius 3 is 2.41 bits per heavy atom. The van der Waals surface area contributed by atoms with E-state index < -0.39 is 13.2 Å². The minimum Gasteiger partial charge on any atom is -0.494 e. The molecular formula is C49H59BrN11O4P. The highest BCUT2D eigenvalue weighted by Crippen LogP contribution is 2.42. The maximum absolute atomic E-state index is 13.7. The number of halogens is 1. The summed E-state index contributed by atoms with van der Waals surface area (Å²) >= 11 is 3.63. The fourth-order valence-electron chi connectivity index (χ4n) is 9.95. The summed E-state index contributed by atoms with van der Waals surface area (Å²) in [5.74, 6) is 1.17. The lowest BCUT2D eigenvalue weighted by molar-refractivity contribution is -0.135. The lowest BCUT2D eigenvalue weighted by Gasteiger charge is -2.43. The Hall–Kier alpha value is -5.41. The topological polar surface area (TPSA) is 163 Å². The number of hydrogen-bond donors (Lipinski definition) is 3. The standard InChI is InChI=1S/C49H59BrN11O4P/c1-7-33-27-40(54-49-51-29-37(50)47(56-49)53-39-12-11-38-35(10-8-30(2)52-38)46(39)66(5,6)64)44(65-4)28-43(33)60-20-17-34(18-21-60)59-24-22-58(23-25-59)19-16-32-9-13-41-36(26-32)31(3)57-61(41)42-14-15-45(62)55-48(42)63/h8-13,26-29,34,42H,7,14-25H2,1-6H3,(H,55,62,63)(H2,51,53,54,56). The Morgan fingerprint density at radius 1 is 0.894 bits per heavy atom. The summed E-state index contributed by atoms with van der Waals surface area (Å²) in [7, 11) is -1.03. The van der Waals surface area contributed by atoms with Gasteiger partial charge in [0.25, 0.3) is 5.91 Å². The van der Waals surface area contributed by atoms with Crippen molar-refractivity contribution in [3.63, 3.8) is 0 Å². The van der Waals surface area contributed by atoms with Gasteiger partial charge in [0.15, 0.2) is 0 Å². The molecule has 3 fully saturated rings. The molecule has 6 aromatic rings. The highest BCUT2D eigenvalue weighted by molar-refractivity contribution is 9.10. The fraction of sp³-hybridized carbons (Fsp3) is 0.429. The first-order valence-electron chi connectivity index (χ1n) is 23.0. The molecule has 9 rings (SSSR count). The molecule has 0 aliphatic carbocycles. The van der Waals surface area contributed by atoms with E-state index in [-0.39, 0.29) is 11.8 Å². The van der Waals surface area contributed by atoms with Crippen molar-refractivity contribution in [3.8, 4) is 5.75 Å². The SMILES string of the molecule is CCc1cc(Nc2ncc(Br)c(Nc3ccc4nc(C)ccc4c3P(C)(C)=O)n2)c(OC)cc1N1CCC(N2CCN(CCc3ccc4c(c3)c(C)nn4C3CCC(=O)NC3=O)CC2)CC1. The molecule has 3 aromatic heterocycles. The molecule has 0 spiro atoms. The maximum atomic E-state index is 13.7. The summed E-state index contributed by atoms with van der Waals surface area (Å²) in [6.45, 7) is 16.9. The summed E-state index contributed by atoms with van der Waals surface area (Å²) in [6.07, 6.45) is 6.55. The number of fused-ring (bicyclic) bond motifs is 2. The second-order valence-corrected chi connectivity index (χ2v) is 22.2. The molecule has 15 nitrogen and oxygen atoms in total. The molecule has 3 saturated heterocycles. The Labute approximate surface area is 394 Å². The molecule has 1 atom stereocenters. The van der Waals surface area contributed by atoms with Crippen LogP contribution in [0.4, 0.5) is 28.8 Å². The highest BCUT2D eigenvalue weighted by Gasteiger charge is 2.31. The molecule has 346 valence electrons. The third-order valence-electron chi connectivity index (χ3n) is 13.5. The number of benzene rings is 3. The number of anilines is 5. The normalized spacial score (nSPS) is 18.0. The number of nitrogens with one attached hydrogen (secondary N) is 3. The van der Waals surface area contributed by atoms with E-state index in [4.69, 9.17) is 14.8 Å². The average Bonchev–Trinajstić information content (AvgIpc) is 3.63. The van der Waals surface area contributed by atoms with Crippen molar-refractivity contribution < 1.29 is 18.9 Å². The number of nitrogens with zero attached hydrogens (tertiary/aromatic N) is 8. The van der Waals surface area contributed by atoms with Crippen LogP contribution >= 0.6 is 23.1 Å². The second-order valence-electron chi connectivity index (χ2n) is 18.2. The van der Waals surface area contributed by atoms with E-state index in [1.807, 2.05) is 38.1 Å². The second kappa shape index (κ2) is 19.1. The van der Waals surface area contributed by atoms with Gasteiger partial charge in [-0.15, -0.1) is 0 Å². The van der Waals surface area contributed by atoms with Crippen LogP contribution in [0.2, 0.25) is 0 Å². The number of aromatic nitrogens is 5. The molecule has 3 aliphatic heterocycles. The van der Waals surface area contributed by atoms with Crippen molar-refractivity contribution in [1.29, 1.82) is 0 Å². The predicted molar refractivity (Wildman–Crippen MR) is 267 cm³/mol. The lowest BCUT2D eigenvalue weighted by Crippen LogP contribution is -2.53. The van der Waals surface area contributed by atoms with Crippen LogP contribution in [-0.2, 0) is 27.0 Å². The van der Waals surface area contributed by atoms with E-state index in [0.717, 1.165) is 121 Å². The van der Waals surface area contributed by atoms with Gasteiger partial charge >= 0.3 is 0 Å². The van der Waals surface area contributed by atoms with Crippen molar-refractivity contribution in [2.24, 2.45) is 0 Å². The van der Waals surface area contributed by atoms with Gasteiger partial charge in [0.05, 0.1) is 39.7 Å². The van der Waals surface area contributed by atoms with E-state index in [9.17, 15) is 14.2 Å². The highest BCUT2D eigenvalue weighted by atomic mass is 79.9. The molecular weight excluding hydrogens is 917 g/mol. The van der Waals surface area contributed by atoms with Crippen LogP contribution < -0.4 is 30.9 Å². The molecule has 0 radical (unpaired) electrons. The Kier molecular flexibility index (Phi) is 13.2. The van der Waals surface area contributed by atoms with E-state index in [2.05, 4.69) is 93.8 Å². The molecule has 3 aromatic carbocycles. The number of aryl methyl sites for hydroxylation is 3. The first-order chi connectivity index (χ1) is 31.8. The van der Waals surface area contributed by atoms with Crippen LogP contribution in [-0.4, -0.2) is 119 Å². The molecule has 66 heavy (non-hydrogen) atoms. The van der Waals surface area contributed by atoms with Gasteiger partial charge in [-0.3, -0.25) is 29.5 Å². The number of amides is 2. The zero-order chi connectivity index (χ0) is 46.3. The quantitative estimate of drug-likeness (QED) is 0.0758. The number of hydrogen-bond acceptors (Lipinski definition) is 13. The number of imide groups is 1. The lowest BCUT2D eigenvalue weighted by atomic mass is 9.99. The Bertz CT molecular complexity index is 2870.